The molecule has 0 saturated heterocycles. The number of hydrogen-bond acceptors (Lipinski definition) is 3. The van der Waals surface area contributed by atoms with E-state index in [-0.39, 0.29) is 11.9 Å². The van der Waals surface area contributed by atoms with Gasteiger partial charge in [0.15, 0.2) is 5.78 Å². The number of rotatable bonds is 8. The van der Waals surface area contributed by atoms with E-state index < -0.39 is 0 Å². The highest BCUT2D eigenvalue weighted by molar-refractivity contribution is 5.95. The maximum absolute atomic E-state index is 11.8. The summed E-state index contributed by atoms with van der Waals surface area (Å²) in [5.74, 6) is 0.765. The molecule has 128 valence electrons. The molecule has 0 heterocycles. The Kier molecular flexibility index (Phi) is 6.42. The Morgan fingerprint density at radius 2 is 1.83 bits per heavy atom. The Labute approximate surface area is 145 Å². The first-order chi connectivity index (χ1) is 11.5. The third-order valence-corrected chi connectivity index (χ3v) is 3.81. The zero-order valence-corrected chi connectivity index (χ0v) is 15.1. The highest BCUT2D eigenvalue weighted by Gasteiger charge is 2.08. The first-order valence-electron chi connectivity index (χ1n) is 8.63. The smallest absolute Gasteiger partial charge is 0.160 e. The predicted octanol–water partition coefficient (Wildman–Crippen LogP) is 5.24. The van der Waals surface area contributed by atoms with Crippen LogP contribution in [-0.4, -0.2) is 11.9 Å². The van der Waals surface area contributed by atoms with Gasteiger partial charge in [0.05, 0.1) is 6.10 Å². The number of ether oxygens (including phenoxy) is 1. The van der Waals surface area contributed by atoms with Gasteiger partial charge in [-0.1, -0.05) is 37.6 Å². The maximum Gasteiger partial charge on any atom is 0.160 e. The van der Waals surface area contributed by atoms with E-state index >= 15 is 0 Å². The van der Waals surface area contributed by atoms with Gasteiger partial charge in [-0.25, -0.2) is 0 Å². The summed E-state index contributed by atoms with van der Waals surface area (Å²) in [7, 11) is 0. The van der Waals surface area contributed by atoms with E-state index in [0.717, 1.165) is 30.8 Å². The fraction of sp³-hybridized carbons (Fsp3) is 0.381. The first kappa shape index (κ1) is 18.1. The summed E-state index contributed by atoms with van der Waals surface area (Å²) >= 11 is 0. The molecule has 0 unspecified atom stereocenters. The van der Waals surface area contributed by atoms with Crippen LogP contribution in [0, 0.1) is 0 Å². The third-order valence-electron chi connectivity index (χ3n) is 3.81. The summed E-state index contributed by atoms with van der Waals surface area (Å²) in [6.45, 7) is 8.46. The molecule has 0 radical (unpaired) electrons. The second-order valence-electron chi connectivity index (χ2n) is 6.34. The quantitative estimate of drug-likeness (QED) is 0.674. The number of ketones is 1. The minimum atomic E-state index is 0.0404. The van der Waals surface area contributed by atoms with E-state index in [2.05, 4.69) is 36.5 Å². The molecule has 0 aliphatic carbocycles. The summed E-state index contributed by atoms with van der Waals surface area (Å²) in [6.07, 6.45) is 2.28. The third kappa shape index (κ3) is 5.12. The highest BCUT2D eigenvalue weighted by Crippen LogP contribution is 2.23. The van der Waals surface area contributed by atoms with Crippen molar-refractivity contribution in [3.8, 4) is 5.75 Å². The number of hydrogen-bond donors (Lipinski definition) is 1. The summed E-state index contributed by atoms with van der Waals surface area (Å²) in [5, 5.41) is 3.44. The van der Waals surface area contributed by atoms with E-state index in [1.54, 1.807) is 13.0 Å². The van der Waals surface area contributed by atoms with E-state index in [0.29, 0.717) is 5.56 Å². The van der Waals surface area contributed by atoms with Crippen LogP contribution in [-0.2, 0) is 13.0 Å². The lowest BCUT2D eigenvalue weighted by Crippen LogP contribution is -2.08. The van der Waals surface area contributed by atoms with Gasteiger partial charge in [0.2, 0.25) is 0 Å². The number of carbonyl (C=O) groups is 1. The van der Waals surface area contributed by atoms with Gasteiger partial charge in [0, 0.05) is 23.9 Å². The molecule has 2 aromatic rings. The molecule has 0 amide bonds. The topological polar surface area (TPSA) is 38.3 Å². The minimum absolute atomic E-state index is 0.0404. The number of carbonyl (C=O) groups excluding carboxylic acids is 1. The fourth-order valence-corrected chi connectivity index (χ4v) is 2.69. The van der Waals surface area contributed by atoms with Crippen molar-refractivity contribution >= 4 is 11.5 Å². The minimum Gasteiger partial charge on any atom is -0.491 e. The van der Waals surface area contributed by atoms with Crippen molar-refractivity contribution in [2.75, 3.05) is 5.32 Å². The fourth-order valence-electron chi connectivity index (χ4n) is 2.69. The van der Waals surface area contributed by atoms with Crippen LogP contribution in [0.2, 0.25) is 0 Å². The SMILES string of the molecule is CCCc1ccccc1CNc1cc(OC(C)C)cc(C(C)=O)c1. The number of Topliss-reactive ketones (excluding diaryl/α,β-unsaturated/α-hetero) is 1. The molecule has 2 rings (SSSR count). The highest BCUT2D eigenvalue weighted by atomic mass is 16.5. The number of nitrogens with one attached hydrogen (secondary N) is 1. The van der Waals surface area contributed by atoms with Gasteiger partial charge >= 0.3 is 0 Å². The number of aryl methyl sites for hydroxylation is 1. The van der Waals surface area contributed by atoms with Crippen molar-refractivity contribution < 1.29 is 9.53 Å². The van der Waals surface area contributed by atoms with Crippen molar-refractivity contribution in [3.05, 3.63) is 59.2 Å². The van der Waals surface area contributed by atoms with Crippen molar-refractivity contribution in [1.82, 2.24) is 0 Å². The van der Waals surface area contributed by atoms with E-state index in [1.807, 2.05) is 26.0 Å². The van der Waals surface area contributed by atoms with Crippen LogP contribution in [0.5, 0.6) is 5.75 Å². The lowest BCUT2D eigenvalue weighted by atomic mass is 10.0. The van der Waals surface area contributed by atoms with E-state index in [1.165, 1.54) is 11.1 Å². The van der Waals surface area contributed by atoms with Gasteiger partial charge in [-0.05, 0) is 50.5 Å². The molecular formula is C21H27NO2. The molecule has 3 nitrogen and oxygen atoms in total. The summed E-state index contributed by atoms with van der Waals surface area (Å²) in [4.78, 5) is 11.8. The zero-order valence-electron chi connectivity index (χ0n) is 15.1. The average molecular weight is 325 g/mol. The van der Waals surface area contributed by atoms with Crippen molar-refractivity contribution in [2.45, 2.75) is 53.2 Å². The van der Waals surface area contributed by atoms with Gasteiger partial charge in [0.1, 0.15) is 5.75 Å². The molecule has 3 heteroatoms. The molecule has 0 aromatic heterocycles. The van der Waals surface area contributed by atoms with Crippen LogP contribution in [0.3, 0.4) is 0 Å². The van der Waals surface area contributed by atoms with Gasteiger partial charge < -0.3 is 10.1 Å². The number of anilines is 1. The molecule has 0 aliphatic heterocycles. The van der Waals surface area contributed by atoms with Gasteiger partial charge in [-0.3, -0.25) is 4.79 Å². The first-order valence-corrected chi connectivity index (χ1v) is 8.63. The molecule has 24 heavy (non-hydrogen) atoms. The largest absolute Gasteiger partial charge is 0.491 e. The molecule has 1 N–H and O–H groups in total. The Hall–Kier alpha value is -2.29. The molecular weight excluding hydrogens is 298 g/mol. The van der Waals surface area contributed by atoms with Crippen molar-refractivity contribution in [3.63, 3.8) is 0 Å². The molecule has 0 bridgehead atoms. The lowest BCUT2D eigenvalue weighted by molar-refractivity contribution is 0.101. The van der Waals surface area contributed by atoms with Gasteiger partial charge in [0.25, 0.3) is 0 Å². The lowest BCUT2D eigenvalue weighted by Gasteiger charge is -2.15. The zero-order chi connectivity index (χ0) is 17.5. The summed E-state index contributed by atoms with van der Waals surface area (Å²) in [6, 6.07) is 14.1. The normalized spacial score (nSPS) is 10.7. The van der Waals surface area contributed by atoms with Crippen molar-refractivity contribution in [2.24, 2.45) is 0 Å². The molecule has 2 aromatic carbocycles. The average Bonchev–Trinajstić information content (AvgIpc) is 2.53. The Morgan fingerprint density at radius 1 is 1.12 bits per heavy atom. The van der Waals surface area contributed by atoms with Crippen molar-refractivity contribution in [1.29, 1.82) is 0 Å². The Balaban J connectivity index is 2.20. The van der Waals surface area contributed by atoms with E-state index in [4.69, 9.17) is 4.74 Å². The molecule has 0 fully saturated rings. The van der Waals surface area contributed by atoms with Crippen LogP contribution in [0.15, 0.2) is 42.5 Å². The molecule has 0 atom stereocenters. The monoisotopic (exact) mass is 325 g/mol. The summed E-state index contributed by atoms with van der Waals surface area (Å²) < 4.78 is 5.77. The molecule has 0 spiro atoms. The molecule has 0 saturated carbocycles. The van der Waals surface area contributed by atoms with Crippen LogP contribution >= 0.6 is 0 Å². The van der Waals surface area contributed by atoms with E-state index in [9.17, 15) is 4.79 Å². The standard InChI is InChI=1S/C21H27NO2/c1-5-8-17-9-6-7-10-18(17)14-22-20-11-19(16(4)23)12-21(13-20)24-15(2)3/h6-7,9-13,15,22H,5,8,14H2,1-4H3. The second-order valence-corrected chi connectivity index (χ2v) is 6.34. The Morgan fingerprint density at radius 3 is 2.46 bits per heavy atom. The van der Waals surface area contributed by atoms with Crippen LogP contribution in [0.1, 0.15) is 55.6 Å². The maximum atomic E-state index is 11.8. The predicted molar refractivity (Wildman–Crippen MR) is 100.0 cm³/mol. The second kappa shape index (κ2) is 8.53. The Bertz CT molecular complexity index is 692. The van der Waals surface area contributed by atoms with Gasteiger partial charge in [-0.2, -0.15) is 0 Å². The van der Waals surface area contributed by atoms with Crippen LogP contribution in [0.25, 0.3) is 0 Å². The molecule has 0 aliphatic rings. The van der Waals surface area contributed by atoms with Crippen LogP contribution in [0.4, 0.5) is 5.69 Å². The van der Waals surface area contributed by atoms with Gasteiger partial charge in [-0.15, -0.1) is 0 Å². The number of benzene rings is 2. The summed E-state index contributed by atoms with van der Waals surface area (Å²) in [5.41, 5.74) is 4.23. The van der Waals surface area contributed by atoms with Crippen LogP contribution < -0.4 is 10.1 Å².